The number of rotatable bonds is 3. The molecule has 110 valence electrons. The zero-order chi connectivity index (χ0) is 13.9. The smallest absolute Gasteiger partial charge is 0.160 e. The SMILES string of the molecule is Fc1ccc(NC2CCCC2C2COCCN2)cc1F. The van der Waals surface area contributed by atoms with E-state index in [1.54, 1.807) is 6.07 Å². The minimum atomic E-state index is -0.805. The summed E-state index contributed by atoms with van der Waals surface area (Å²) in [5.74, 6) is -1.13. The Labute approximate surface area is 117 Å². The van der Waals surface area contributed by atoms with Crippen LogP contribution in [0.1, 0.15) is 19.3 Å². The van der Waals surface area contributed by atoms with Crippen molar-refractivity contribution in [2.45, 2.75) is 31.3 Å². The Morgan fingerprint density at radius 1 is 1.20 bits per heavy atom. The maximum Gasteiger partial charge on any atom is 0.160 e. The van der Waals surface area contributed by atoms with E-state index >= 15 is 0 Å². The van der Waals surface area contributed by atoms with E-state index in [1.807, 2.05) is 0 Å². The van der Waals surface area contributed by atoms with Crippen LogP contribution in [0.2, 0.25) is 0 Å². The van der Waals surface area contributed by atoms with Gasteiger partial charge in [-0.25, -0.2) is 8.78 Å². The standard InChI is InChI=1S/C15H20F2N2O/c16-12-5-4-10(8-13(12)17)19-14-3-1-2-11(14)15-9-20-7-6-18-15/h4-5,8,11,14-15,18-19H,1-3,6-7,9H2. The van der Waals surface area contributed by atoms with Crippen molar-refractivity contribution in [3.8, 4) is 0 Å². The molecule has 2 aliphatic rings. The van der Waals surface area contributed by atoms with E-state index in [4.69, 9.17) is 4.74 Å². The average Bonchev–Trinajstić information content (AvgIpc) is 2.92. The lowest BCUT2D eigenvalue weighted by molar-refractivity contribution is 0.0559. The predicted molar refractivity (Wildman–Crippen MR) is 73.7 cm³/mol. The van der Waals surface area contributed by atoms with Crippen LogP contribution >= 0.6 is 0 Å². The summed E-state index contributed by atoms with van der Waals surface area (Å²) in [6, 6.07) is 4.64. The second-order valence-electron chi connectivity index (χ2n) is 5.61. The van der Waals surface area contributed by atoms with Gasteiger partial charge in [-0.3, -0.25) is 0 Å². The van der Waals surface area contributed by atoms with Crippen molar-refractivity contribution >= 4 is 5.69 Å². The van der Waals surface area contributed by atoms with E-state index in [9.17, 15) is 8.78 Å². The zero-order valence-corrected chi connectivity index (χ0v) is 11.4. The van der Waals surface area contributed by atoms with Gasteiger partial charge in [0, 0.05) is 30.4 Å². The van der Waals surface area contributed by atoms with E-state index in [2.05, 4.69) is 10.6 Å². The molecule has 3 nitrogen and oxygen atoms in total. The van der Waals surface area contributed by atoms with Gasteiger partial charge in [-0.1, -0.05) is 6.42 Å². The lowest BCUT2D eigenvalue weighted by atomic mass is 9.94. The number of ether oxygens (including phenoxy) is 1. The molecule has 20 heavy (non-hydrogen) atoms. The molecule has 3 unspecified atom stereocenters. The van der Waals surface area contributed by atoms with Crippen molar-refractivity contribution in [1.29, 1.82) is 0 Å². The van der Waals surface area contributed by atoms with Crippen molar-refractivity contribution in [3.63, 3.8) is 0 Å². The van der Waals surface area contributed by atoms with Gasteiger partial charge in [-0.15, -0.1) is 0 Å². The summed E-state index contributed by atoms with van der Waals surface area (Å²) in [4.78, 5) is 0. The van der Waals surface area contributed by atoms with Crippen molar-refractivity contribution in [2.24, 2.45) is 5.92 Å². The predicted octanol–water partition coefficient (Wildman–Crippen LogP) is 2.53. The van der Waals surface area contributed by atoms with E-state index in [-0.39, 0.29) is 0 Å². The first-order valence-corrected chi connectivity index (χ1v) is 7.27. The van der Waals surface area contributed by atoms with E-state index in [1.165, 1.54) is 12.1 Å². The van der Waals surface area contributed by atoms with Crippen LogP contribution < -0.4 is 10.6 Å². The number of hydrogen-bond acceptors (Lipinski definition) is 3. The molecule has 1 saturated carbocycles. The first kappa shape index (κ1) is 13.8. The Bertz CT molecular complexity index is 463. The van der Waals surface area contributed by atoms with Crippen molar-refractivity contribution < 1.29 is 13.5 Å². The Hall–Kier alpha value is -1.20. The molecule has 0 radical (unpaired) electrons. The molecule has 2 fully saturated rings. The van der Waals surface area contributed by atoms with Crippen LogP contribution in [-0.2, 0) is 4.74 Å². The van der Waals surface area contributed by atoms with Crippen LogP contribution in [0, 0.1) is 17.6 Å². The highest BCUT2D eigenvalue weighted by atomic mass is 19.2. The molecule has 5 heteroatoms. The van der Waals surface area contributed by atoms with Crippen LogP contribution in [0.25, 0.3) is 0 Å². The molecule has 0 aromatic heterocycles. The molecule has 1 heterocycles. The van der Waals surface area contributed by atoms with Gasteiger partial charge in [0.2, 0.25) is 0 Å². The number of morpholine rings is 1. The molecule has 0 bridgehead atoms. The lowest BCUT2D eigenvalue weighted by Crippen LogP contribution is -2.49. The van der Waals surface area contributed by atoms with Gasteiger partial charge in [0.05, 0.1) is 13.2 Å². The Morgan fingerprint density at radius 3 is 2.85 bits per heavy atom. The highest BCUT2D eigenvalue weighted by molar-refractivity contribution is 5.44. The number of halogens is 2. The van der Waals surface area contributed by atoms with Crippen molar-refractivity contribution in [2.75, 3.05) is 25.1 Å². The highest BCUT2D eigenvalue weighted by Gasteiger charge is 2.34. The quantitative estimate of drug-likeness (QED) is 0.894. The van der Waals surface area contributed by atoms with Crippen LogP contribution in [0.3, 0.4) is 0 Å². The summed E-state index contributed by atoms with van der Waals surface area (Å²) in [5.41, 5.74) is 0.650. The zero-order valence-electron chi connectivity index (χ0n) is 11.4. The summed E-state index contributed by atoms with van der Waals surface area (Å²) in [7, 11) is 0. The van der Waals surface area contributed by atoms with Gasteiger partial charge in [-0.2, -0.15) is 0 Å². The molecule has 3 atom stereocenters. The second-order valence-corrected chi connectivity index (χ2v) is 5.61. The summed E-state index contributed by atoms with van der Waals surface area (Å²) in [6.07, 6.45) is 3.36. The Kier molecular flexibility index (Phi) is 4.17. The van der Waals surface area contributed by atoms with Gasteiger partial charge >= 0.3 is 0 Å². The first-order valence-electron chi connectivity index (χ1n) is 7.27. The normalized spacial score (nSPS) is 30.4. The Balaban J connectivity index is 1.67. The fraction of sp³-hybridized carbons (Fsp3) is 0.600. The summed E-state index contributed by atoms with van der Waals surface area (Å²) >= 11 is 0. The largest absolute Gasteiger partial charge is 0.382 e. The maximum atomic E-state index is 13.3. The third-order valence-corrected chi connectivity index (χ3v) is 4.31. The average molecular weight is 282 g/mol. The molecule has 1 aliphatic heterocycles. The molecule has 0 amide bonds. The van der Waals surface area contributed by atoms with Gasteiger partial charge in [0.15, 0.2) is 11.6 Å². The van der Waals surface area contributed by atoms with Crippen molar-refractivity contribution in [1.82, 2.24) is 5.32 Å². The Morgan fingerprint density at radius 2 is 2.10 bits per heavy atom. The molecule has 1 aromatic carbocycles. The monoisotopic (exact) mass is 282 g/mol. The van der Waals surface area contributed by atoms with Gasteiger partial charge in [-0.05, 0) is 30.9 Å². The summed E-state index contributed by atoms with van der Waals surface area (Å²) in [6.45, 7) is 2.39. The molecular weight excluding hydrogens is 262 g/mol. The van der Waals surface area contributed by atoms with Crippen LogP contribution in [0.15, 0.2) is 18.2 Å². The summed E-state index contributed by atoms with van der Waals surface area (Å²) in [5, 5.41) is 6.85. The number of benzene rings is 1. The maximum absolute atomic E-state index is 13.3. The number of hydrogen-bond donors (Lipinski definition) is 2. The second kappa shape index (κ2) is 6.06. The van der Waals surface area contributed by atoms with Crippen LogP contribution in [0.5, 0.6) is 0 Å². The van der Waals surface area contributed by atoms with Crippen LogP contribution in [0.4, 0.5) is 14.5 Å². The van der Waals surface area contributed by atoms with Crippen LogP contribution in [-0.4, -0.2) is 31.8 Å². The van der Waals surface area contributed by atoms with Gasteiger partial charge in [0.1, 0.15) is 0 Å². The third-order valence-electron chi connectivity index (χ3n) is 4.31. The van der Waals surface area contributed by atoms with Gasteiger partial charge < -0.3 is 15.4 Å². The minimum absolute atomic E-state index is 0.291. The molecule has 3 rings (SSSR count). The fourth-order valence-electron chi connectivity index (χ4n) is 3.31. The summed E-state index contributed by atoms with van der Waals surface area (Å²) < 4.78 is 31.7. The fourth-order valence-corrected chi connectivity index (χ4v) is 3.31. The van der Waals surface area contributed by atoms with Gasteiger partial charge in [0.25, 0.3) is 0 Å². The molecule has 0 spiro atoms. The number of nitrogens with one attached hydrogen (secondary N) is 2. The minimum Gasteiger partial charge on any atom is -0.382 e. The lowest BCUT2D eigenvalue weighted by Gasteiger charge is -2.33. The van der Waals surface area contributed by atoms with E-state index < -0.39 is 11.6 Å². The van der Waals surface area contributed by atoms with Crippen molar-refractivity contribution in [3.05, 3.63) is 29.8 Å². The van der Waals surface area contributed by atoms with E-state index in [0.29, 0.717) is 23.7 Å². The number of anilines is 1. The topological polar surface area (TPSA) is 33.3 Å². The molecule has 1 saturated heterocycles. The van der Waals surface area contributed by atoms with E-state index in [0.717, 1.165) is 39.0 Å². The third kappa shape index (κ3) is 2.94. The molecule has 1 aromatic rings. The first-order chi connectivity index (χ1) is 9.74. The molecule has 1 aliphatic carbocycles. The molecule has 2 N–H and O–H groups in total. The highest BCUT2D eigenvalue weighted by Crippen LogP contribution is 2.32. The molecular formula is C15H20F2N2O.